The number of hydrogen-bond donors (Lipinski definition) is 0. The molecule has 0 spiro atoms. The van der Waals surface area contributed by atoms with Gasteiger partial charge in [-0.1, -0.05) is 46.0 Å². The predicted molar refractivity (Wildman–Crippen MR) is 74.0 cm³/mol. The van der Waals surface area contributed by atoms with Gasteiger partial charge in [-0.15, -0.1) is 0 Å². The number of aryl methyl sites for hydroxylation is 2. The van der Waals surface area contributed by atoms with Gasteiger partial charge in [0.1, 0.15) is 6.54 Å². The van der Waals surface area contributed by atoms with E-state index in [0.29, 0.717) is 0 Å². The van der Waals surface area contributed by atoms with E-state index in [0.717, 1.165) is 0 Å². The zero-order chi connectivity index (χ0) is 12.3. The summed E-state index contributed by atoms with van der Waals surface area (Å²) in [6.45, 7) is 5.69. The molecule has 96 valence electrons. The highest BCUT2D eigenvalue weighted by molar-refractivity contribution is 5.05. The van der Waals surface area contributed by atoms with Crippen LogP contribution in [0.15, 0.2) is 24.5 Å². The van der Waals surface area contributed by atoms with Gasteiger partial charge in [-0.2, -0.15) is 0 Å². The fourth-order valence-electron chi connectivity index (χ4n) is 2.14. The van der Waals surface area contributed by atoms with Gasteiger partial charge in [0.15, 0.2) is 12.4 Å². The zero-order valence-electron chi connectivity index (χ0n) is 11.6. The lowest BCUT2D eigenvalue weighted by Crippen LogP contribution is -2.33. The molecule has 1 aromatic rings. The molecule has 0 aromatic carbocycles. The normalized spacial score (nSPS) is 10.7. The van der Waals surface area contributed by atoms with Crippen LogP contribution >= 0.6 is 0 Å². The molecule has 0 saturated carbocycles. The zero-order valence-corrected chi connectivity index (χ0v) is 11.6. The van der Waals surface area contributed by atoms with Crippen molar-refractivity contribution in [3.63, 3.8) is 0 Å². The topological polar surface area (TPSA) is 3.88 Å². The van der Waals surface area contributed by atoms with Crippen LogP contribution in [0.2, 0.25) is 0 Å². The van der Waals surface area contributed by atoms with Crippen molar-refractivity contribution in [3.05, 3.63) is 30.1 Å². The van der Waals surface area contributed by atoms with Crippen LogP contribution in [0.25, 0.3) is 0 Å². The summed E-state index contributed by atoms with van der Waals surface area (Å²) >= 11 is 0. The van der Waals surface area contributed by atoms with Crippen LogP contribution in [0, 0.1) is 0 Å². The fourth-order valence-corrected chi connectivity index (χ4v) is 2.14. The van der Waals surface area contributed by atoms with E-state index >= 15 is 0 Å². The van der Waals surface area contributed by atoms with Crippen LogP contribution in [-0.2, 0) is 13.0 Å². The molecule has 0 radical (unpaired) electrons. The molecule has 1 rings (SSSR count). The molecule has 0 aliphatic rings. The summed E-state index contributed by atoms with van der Waals surface area (Å²) in [6, 6.07) is 4.46. The van der Waals surface area contributed by atoms with Crippen LogP contribution in [0.1, 0.15) is 64.4 Å². The lowest BCUT2D eigenvalue weighted by Gasteiger charge is -2.01. The number of unbranched alkanes of at least 4 members (excludes halogenated alkanes) is 5. The Morgan fingerprint density at radius 2 is 1.71 bits per heavy atom. The molecule has 0 saturated heterocycles. The molecular weight excluding hydrogens is 206 g/mol. The Balaban J connectivity index is 2.27. The van der Waals surface area contributed by atoms with Crippen molar-refractivity contribution in [2.45, 2.75) is 71.8 Å². The molecule has 1 nitrogen and oxygen atoms in total. The van der Waals surface area contributed by atoms with Crippen molar-refractivity contribution in [2.75, 3.05) is 0 Å². The van der Waals surface area contributed by atoms with Crippen molar-refractivity contribution < 1.29 is 4.57 Å². The second-order valence-electron chi connectivity index (χ2n) is 4.97. The molecule has 17 heavy (non-hydrogen) atoms. The molecule has 0 N–H and O–H groups in total. The number of nitrogens with zero attached hydrogens (tertiary/aromatic N) is 1. The molecule has 1 heterocycles. The standard InChI is InChI=1S/C16H28N/c1-3-5-7-8-9-11-16-12-10-14-17(15-16)13-6-4-2/h10,12,14-15H,3-9,11,13H2,1-2H3/q+1. The molecule has 0 amide bonds. The summed E-state index contributed by atoms with van der Waals surface area (Å²) in [4.78, 5) is 0. The summed E-state index contributed by atoms with van der Waals surface area (Å²) < 4.78 is 2.34. The monoisotopic (exact) mass is 234 g/mol. The van der Waals surface area contributed by atoms with Gasteiger partial charge in [-0.25, -0.2) is 4.57 Å². The van der Waals surface area contributed by atoms with Crippen molar-refractivity contribution in [3.8, 4) is 0 Å². The molecule has 1 heteroatoms. The predicted octanol–water partition coefficient (Wildman–Crippen LogP) is 4.29. The lowest BCUT2D eigenvalue weighted by atomic mass is 10.1. The first-order chi connectivity index (χ1) is 8.36. The second-order valence-corrected chi connectivity index (χ2v) is 4.97. The van der Waals surface area contributed by atoms with Gasteiger partial charge in [-0.05, 0) is 18.9 Å². The van der Waals surface area contributed by atoms with Gasteiger partial charge in [-0.3, -0.25) is 0 Å². The number of pyridine rings is 1. The van der Waals surface area contributed by atoms with E-state index in [9.17, 15) is 0 Å². The molecule has 1 aromatic heterocycles. The van der Waals surface area contributed by atoms with E-state index in [2.05, 4.69) is 42.9 Å². The highest BCUT2D eigenvalue weighted by Crippen LogP contribution is 2.07. The van der Waals surface area contributed by atoms with Gasteiger partial charge in [0.25, 0.3) is 0 Å². The fraction of sp³-hybridized carbons (Fsp3) is 0.688. The van der Waals surface area contributed by atoms with E-state index < -0.39 is 0 Å². The van der Waals surface area contributed by atoms with E-state index in [1.165, 1.54) is 63.5 Å². The average Bonchev–Trinajstić information content (AvgIpc) is 2.37. The van der Waals surface area contributed by atoms with Crippen LogP contribution in [0.5, 0.6) is 0 Å². The van der Waals surface area contributed by atoms with Crippen molar-refractivity contribution in [1.82, 2.24) is 0 Å². The summed E-state index contributed by atoms with van der Waals surface area (Å²) in [5.74, 6) is 0. The Labute approximate surface area is 107 Å². The first kappa shape index (κ1) is 14.2. The summed E-state index contributed by atoms with van der Waals surface area (Å²) in [6.07, 6.45) is 15.2. The van der Waals surface area contributed by atoms with E-state index in [4.69, 9.17) is 0 Å². The number of hydrogen-bond acceptors (Lipinski definition) is 0. The molecule has 0 fully saturated rings. The highest BCUT2D eigenvalue weighted by Gasteiger charge is 2.01. The third-order valence-electron chi connectivity index (χ3n) is 3.26. The highest BCUT2D eigenvalue weighted by atomic mass is 14.9. The van der Waals surface area contributed by atoms with Crippen molar-refractivity contribution >= 4 is 0 Å². The van der Waals surface area contributed by atoms with Crippen LogP contribution in [-0.4, -0.2) is 0 Å². The van der Waals surface area contributed by atoms with Gasteiger partial charge in [0.2, 0.25) is 0 Å². The van der Waals surface area contributed by atoms with Gasteiger partial charge < -0.3 is 0 Å². The minimum atomic E-state index is 1.17. The van der Waals surface area contributed by atoms with Crippen molar-refractivity contribution in [2.24, 2.45) is 0 Å². The van der Waals surface area contributed by atoms with Crippen molar-refractivity contribution in [1.29, 1.82) is 0 Å². The molecule has 0 atom stereocenters. The molecule has 0 aliphatic heterocycles. The second kappa shape index (κ2) is 9.21. The maximum atomic E-state index is 2.34. The molecule has 0 unspecified atom stereocenters. The molecule has 0 bridgehead atoms. The van der Waals surface area contributed by atoms with Crippen LogP contribution < -0.4 is 4.57 Å². The minimum absolute atomic E-state index is 1.17. The third kappa shape index (κ3) is 6.45. The Morgan fingerprint density at radius 1 is 0.941 bits per heavy atom. The maximum Gasteiger partial charge on any atom is 0.171 e. The van der Waals surface area contributed by atoms with Crippen LogP contribution in [0.3, 0.4) is 0 Å². The average molecular weight is 234 g/mol. The number of aromatic nitrogens is 1. The summed E-state index contributed by atoms with van der Waals surface area (Å²) in [5, 5.41) is 0. The largest absolute Gasteiger partial charge is 0.205 e. The quantitative estimate of drug-likeness (QED) is 0.443. The Kier molecular flexibility index (Phi) is 7.70. The van der Waals surface area contributed by atoms with Crippen LogP contribution in [0.4, 0.5) is 0 Å². The Morgan fingerprint density at radius 3 is 2.47 bits per heavy atom. The van der Waals surface area contributed by atoms with Gasteiger partial charge >= 0.3 is 0 Å². The summed E-state index contributed by atoms with van der Waals surface area (Å²) in [5.41, 5.74) is 1.50. The molecular formula is C16H28N+. The SMILES string of the molecule is CCCCCCCc1ccc[n+](CCCC)c1. The van der Waals surface area contributed by atoms with Gasteiger partial charge in [0, 0.05) is 18.1 Å². The Hall–Kier alpha value is -0.850. The van der Waals surface area contributed by atoms with E-state index in [1.54, 1.807) is 0 Å². The van der Waals surface area contributed by atoms with E-state index in [-0.39, 0.29) is 0 Å². The Bertz CT molecular complexity index is 293. The maximum absolute atomic E-state index is 2.34. The van der Waals surface area contributed by atoms with Gasteiger partial charge in [0.05, 0.1) is 0 Å². The summed E-state index contributed by atoms with van der Waals surface area (Å²) in [7, 11) is 0. The number of rotatable bonds is 9. The first-order valence-electron chi connectivity index (χ1n) is 7.34. The first-order valence-corrected chi connectivity index (χ1v) is 7.34. The van der Waals surface area contributed by atoms with E-state index in [1.807, 2.05) is 0 Å². The smallest absolute Gasteiger partial charge is 0.171 e. The third-order valence-corrected chi connectivity index (χ3v) is 3.26. The minimum Gasteiger partial charge on any atom is -0.205 e. The lowest BCUT2D eigenvalue weighted by molar-refractivity contribution is -0.697. The molecule has 0 aliphatic carbocycles.